The van der Waals surface area contributed by atoms with Crippen molar-refractivity contribution in [1.29, 1.82) is 0 Å². The number of halogens is 1. The SMILES string of the molecule is CC(c1cccs1)N(C)C(=O)CNCC1CC1.Cl. The summed E-state index contributed by atoms with van der Waals surface area (Å²) >= 11 is 1.70. The number of carbonyl (C=O) groups excluding carboxylic acids is 1. The summed E-state index contributed by atoms with van der Waals surface area (Å²) in [6.07, 6.45) is 2.64. The smallest absolute Gasteiger partial charge is 0.236 e. The van der Waals surface area contributed by atoms with Gasteiger partial charge in [-0.1, -0.05) is 6.07 Å². The van der Waals surface area contributed by atoms with Crippen LogP contribution in [0.15, 0.2) is 17.5 Å². The number of nitrogens with one attached hydrogen (secondary N) is 1. The van der Waals surface area contributed by atoms with Gasteiger partial charge in [-0.2, -0.15) is 0 Å². The van der Waals surface area contributed by atoms with Crippen molar-refractivity contribution in [2.24, 2.45) is 5.92 Å². The van der Waals surface area contributed by atoms with Crippen molar-refractivity contribution in [2.75, 3.05) is 20.1 Å². The summed E-state index contributed by atoms with van der Waals surface area (Å²) < 4.78 is 0. The maximum Gasteiger partial charge on any atom is 0.236 e. The molecule has 2 rings (SSSR count). The second kappa shape index (κ2) is 7.12. The van der Waals surface area contributed by atoms with Crippen LogP contribution in [0.1, 0.15) is 30.7 Å². The molecule has 0 radical (unpaired) electrons. The van der Waals surface area contributed by atoms with Crippen molar-refractivity contribution in [3.8, 4) is 0 Å². The lowest BCUT2D eigenvalue weighted by Crippen LogP contribution is -2.37. The third kappa shape index (κ3) is 4.26. The third-order valence-corrected chi connectivity index (χ3v) is 4.38. The van der Waals surface area contributed by atoms with Gasteiger partial charge in [-0.3, -0.25) is 4.79 Å². The number of carbonyl (C=O) groups is 1. The Morgan fingerprint density at radius 3 is 2.89 bits per heavy atom. The maximum atomic E-state index is 11.9. The molecule has 1 saturated carbocycles. The Morgan fingerprint density at radius 2 is 2.33 bits per heavy atom. The minimum absolute atomic E-state index is 0. The van der Waals surface area contributed by atoms with E-state index in [-0.39, 0.29) is 24.4 Å². The van der Waals surface area contributed by atoms with Gasteiger partial charge < -0.3 is 10.2 Å². The quantitative estimate of drug-likeness (QED) is 0.873. The number of amides is 1. The highest BCUT2D eigenvalue weighted by Crippen LogP contribution is 2.27. The van der Waals surface area contributed by atoms with Crippen LogP contribution in [-0.2, 0) is 4.79 Å². The summed E-state index contributed by atoms with van der Waals surface area (Å²) in [6, 6.07) is 4.28. The Hall–Kier alpha value is -0.580. The Labute approximate surface area is 119 Å². The van der Waals surface area contributed by atoms with Crippen LogP contribution in [0.25, 0.3) is 0 Å². The highest BCUT2D eigenvalue weighted by Gasteiger charge is 2.22. The average Bonchev–Trinajstić information content (AvgIpc) is 2.98. The fraction of sp³-hybridized carbons (Fsp3) is 0.615. The van der Waals surface area contributed by atoms with E-state index >= 15 is 0 Å². The van der Waals surface area contributed by atoms with Crippen molar-refractivity contribution in [3.63, 3.8) is 0 Å². The van der Waals surface area contributed by atoms with E-state index in [9.17, 15) is 4.79 Å². The molecule has 102 valence electrons. The summed E-state index contributed by atoms with van der Waals surface area (Å²) in [4.78, 5) is 15.0. The van der Waals surface area contributed by atoms with E-state index in [0.29, 0.717) is 6.54 Å². The number of thiophene rings is 1. The fourth-order valence-corrected chi connectivity index (χ4v) is 2.59. The highest BCUT2D eigenvalue weighted by molar-refractivity contribution is 7.10. The lowest BCUT2D eigenvalue weighted by molar-refractivity contribution is -0.130. The first kappa shape index (κ1) is 15.5. The van der Waals surface area contributed by atoms with Gasteiger partial charge in [0, 0.05) is 11.9 Å². The molecule has 1 atom stereocenters. The second-order valence-electron chi connectivity index (χ2n) is 4.77. The molecule has 5 heteroatoms. The first-order valence-corrected chi connectivity index (χ1v) is 7.06. The molecular weight excluding hydrogens is 268 g/mol. The van der Waals surface area contributed by atoms with Crippen LogP contribution in [0.2, 0.25) is 0 Å². The summed E-state index contributed by atoms with van der Waals surface area (Å²) in [5, 5.41) is 5.29. The van der Waals surface area contributed by atoms with Gasteiger partial charge >= 0.3 is 0 Å². The molecule has 0 bridgehead atoms. The molecule has 1 aliphatic carbocycles. The number of rotatable bonds is 6. The molecule has 1 aromatic heterocycles. The fourth-order valence-electron chi connectivity index (χ4n) is 1.77. The molecule has 0 saturated heterocycles. The molecule has 0 aromatic carbocycles. The van der Waals surface area contributed by atoms with E-state index in [1.54, 1.807) is 11.3 Å². The molecule has 1 heterocycles. The van der Waals surface area contributed by atoms with E-state index in [4.69, 9.17) is 0 Å². The molecule has 1 aliphatic rings. The van der Waals surface area contributed by atoms with Crippen LogP contribution < -0.4 is 5.32 Å². The van der Waals surface area contributed by atoms with Crippen LogP contribution in [0, 0.1) is 5.92 Å². The Morgan fingerprint density at radius 1 is 1.61 bits per heavy atom. The highest BCUT2D eigenvalue weighted by atomic mass is 35.5. The second-order valence-corrected chi connectivity index (χ2v) is 5.75. The minimum atomic E-state index is 0. The molecule has 1 N–H and O–H groups in total. The van der Waals surface area contributed by atoms with Crippen LogP contribution in [0.5, 0.6) is 0 Å². The molecule has 1 amide bonds. The van der Waals surface area contributed by atoms with Crippen molar-refractivity contribution in [3.05, 3.63) is 22.4 Å². The van der Waals surface area contributed by atoms with E-state index in [1.165, 1.54) is 17.7 Å². The number of nitrogens with zero attached hydrogens (tertiary/aromatic N) is 1. The zero-order valence-electron chi connectivity index (χ0n) is 10.9. The van der Waals surface area contributed by atoms with Gasteiger partial charge in [0.15, 0.2) is 0 Å². The topological polar surface area (TPSA) is 32.3 Å². The molecule has 3 nitrogen and oxygen atoms in total. The normalized spacial score (nSPS) is 15.9. The largest absolute Gasteiger partial charge is 0.337 e. The summed E-state index contributed by atoms with van der Waals surface area (Å²) in [7, 11) is 1.88. The lowest BCUT2D eigenvalue weighted by atomic mass is 10.2. The van der Waals surface area contributed by atoms with Gasteiger partial charge in [0.05, 0.1) is 12.6 Å². The standard InChI is InChI=1S/C13H20N2OS.ClH/c1-10(12-4-3-7-17-12)15(2)13(16)9-14-8-11-5-6-11;/h3-4,7,10-11,14H,5-6,8-9H2,1-2H3;1H. The molecule has 0 aliphatic heterocycles. The van der Waals surface area contributed by atoms with Gasteiger partial charge in [-0.05, 0) is 43.7 Å². The summed E-state index contributed by atoms with van der Waals surface area (Å²) in [5.41, 5.74) is 0. The Bertz CT molecular complexity index is 365. The number of likely N-dealkylation sites (N-methyl/N-ethyl adjacent to an activating group) is 1. The van der Waals surface area contributed by atoms with Gasteiger partial charge in [0.25, 0.3) is 0 Å². The zero-order chi connectivity index (χ0) is 12.3. The molecule has 0 spiro atoms. The van der Waals surface area contributed by atoms with Crippen LogP contribution in [-0.4, -0.2) is 30.9 Å². The summed E-state index contributed by atoms with van der Waals surface area (Å²) in [6.45, 7) is 3.53. The van der Waals surface area contributed by atoms with Gasteiger partial charge in [0.2, 0.25) is 5.91 Å². The molecule has 1 fully saturated rings. The Balaban J connectivity index is 0.00000162. The number of hydrogen-bond donors (Lipinski definition) is 1. The van der Waals surface area contributed by atoms with E-state index in [0.717, 1.165) is 12.5 Å². The molecular formula is C13H21ClN2OS. The van der Waals surface area contributed by atoms with Gasteiger partial charge in [-0.15, -0.1) is 23.7 Å². The Kier molecular flexibility index (Phi) is 6.12. The predicted octanol–water partition coefficient (Wildman–Crippen LogP) is 2.69. The van der Waals surface area contributed by atoms with Crippen molar-refractivity contribution < 1.29 is 4.79 Å². The lowest BCUT2D eigenvalue weighted by Gasteiger charge is -2.24. The molecule has 18 heavy (non-hydrogen) atoms. The van der Waals surface area contributed by atoms with Gasteiger partial charge in [0.1, 0.15) is 0 Å². The van der Waals surface area contributed by atoms with Crippen LogP contribution in [0.3, 0.4) is 0 Å². The average molecular weight is 289 g/mol. The van der Waals surface area contributed by atoms with Crippen molar-refractivity contribution >= 4 is 29.7 Å². The molecule has 1 aromatic rings. The molecule has 1 unspecified atom stereocenters. The van der Waals surface area contributed by atoms with Crippen LogP contribution in [0.4, 0.5) is 0 Å². The predicted molar refractivity (Wildman–Crippen MR) is 78.3 cm³/mol. The zero-order valence-corrected chi connectivity index (χ0v) is 12.5. The third-order valence-electron chi connectivity index (χ3n) is 3.34. The van der Waals surface area contributed by atoms with E-state index in [1.807, 2.05) is 18.0 Å². The first-order valence-electron chi connectivity index (χ1n) is 6.18. The minimum Gasteiger partial charge on any atom is -0.337 e. The van der Waals surface area contributed by atoms with E-state index in [2.05, 4.69) is 23.7 Å². The van der Waals surface area contributed by atoms with Crippen molar-refractivity contribution in [1.82, 2.24) is 10.2 Å². The maximum absolute atomic E-state index is 11.9. The number of hydrogen-bond acceptors (Lipinski definition) is 3. The summed E-state index contributed by atoms with van der Waals surface area (Å²) in [5.74, 6) is 0.995. The monoisotopic (exact) mass is 288 g/mol. The first-order chi connectivity index (χ1) is 8.18. The van der Waals surface area contributed by atoms with Crippen molar-refractivity contribution in [2.45, 2.75) is 25.8 Å². The van der Waals surface area contributed by atoms with Gasteiger partial charge in [-0.25, -0.2) is 0 Å². The van der Waals surface area contributed by atoms with Crippen LogP contribution >= 0.6 is 23.7 Å². The van der Waals surface area contributed by atoms with E-state index < -0.39 is 0 Å².